The van der Waals surface area contributed by atoms with Crippen LogP contribution in [0.5, 0.6) is 0 Å². The van der Waals surface area contributed by atoms with E-state index in [1.165, 1.54) is 28.6 Å². The van der Waals surface area contributed by atoms with E-state index in [1.54, 1.807) is 30.2 Å². The molecule has 0 bridgehead atoms. The van der Waals surface area contributed by atoms with Gasteiger partial charge >= 0.3 is 0 Å². The van der Waals surface area contributed by atoms with E-state index in [-0.39, 0.29) is 47.6 Å². The van der Waals surface area contributed by atoms with E-state index in [0.717, 1.165) is 10.9 Å². The second-order valence-electron chi connectivity index (χ2n) is 7.96. The molecule has 0 atom stereocenters. The minimum Gasteiger partial charge on any atom is -0.336 e. The molecular formula is C23H25N3O5S2. The Kier molecular flexibility index (Phi) is 6.26. The summed E-state index contributed by atoms with van der Waals surface area (Å²) in [6.07, 6.45) is 1.65. The molecule has 1 aromatic heterocycles. The zero-order chi connectivity index (χ0) is 23.8. The van der Waals surface area contributed by atoms with Gasteiger partial charge in [-0.25, -0.2) is 16.8 Å². The van der Waals surface area contributed by atoms with E-state index in [4.69, 9.17) is 0 Å². The highest BCUT2D eigenvalue weighted by molar-refractivity contribution is 7.91. The highest BCUT2D eigenvalue weighted by Crippen LogP contribution is 2.26. The molecule has 33 heavy (non-hydrogen) atoms. The topological polar surface area (TPSA) is 105 Å². The Morgan fingerprint density at radius 1 is 0.970 bits per heavy atom. The van der Waals surface area contributed by atoms with Crippen molar-refractivity contribution in [3.05, 3.63) is 65.9 Å². The van der Waals surface area contributed by atoms with Gasteiger partial charge in [-0.3, -0.25) is 9.78 Å². The number of rotatable bonds is 5. The van der Waals surface area contributed by atoms with E-state index in [2.05, 4.69) is 4.98 Å². The summed E-state index contributed by atoms with van der Waals surface area (Å²) in [5, 5.41) is 0.762. The number of aryl methyl sites for hydroxylation is 1. The maximum atomic E-state index is 13.3. The second-order valence-corrected chi connectivity index (χ2v) is 12.1. The van der Waals surface area contributed by atoms with Gasteiger partial charge < -0.3 is 4.90 Å². The second kappa shape index (κ2) is 8.85. The Bertz CT molecular complexity index is 1410. The van der Waals surface area contributed by atoms with Crippen molar-refractivity contribution in [3.8, 4) is 0 Å². The normalized spacial score (nSPS) is 15.6. The van der Waals surface area contributed by atoms with Crippen molar-refractivity contribution in [1.29, 1.82) is 0 Å². The zero-order valence-electron chi connectivity index (χ0n) is 18.4. The number of hydrogen-bond donors (Lipinski definition) is 0. The molecule has 10 heteroatoms. The number of pyridine rings is 1. The minimum atomic E-state index is -3.77. The highest BCUT2D eigenvalue weighted by Gasteiger charge is 2.32. The molecule has 1 amide bonds. The van der Waals surface area contributed by atoms with Crippen molar-refractivity contribution in [1.82, 2.24) is 14.2 Å². The molecule has 174 valence electrons. The molecule has 1 saturated heterocycles. The SMILES string of the molecule is CCS(=O)(=O)c1ccc(C(=O)N2CCN(S(=O)(=O)c3cccc4cc(C)cnc34)CC2)cc1. The Morgan fingerprint density at radius 2 is 1.64 bits per heavy atom. The number of sulfonamides is 1. The number of fused-ring (bicyclic) bond motifs is 1. The van der Waals surface area contributed by atoms with Gasteiger partial charge in [0, 0.05) is 43.3 Å². The summed E-state index contributed by atoms with van der Waals surface area (Å²) in [6.45, 7) is 4.28. The van der Waals surface area contributed by atoms with E-state index >= 15 is 0 Å². The number of benzene rings is 2. The van der Waals surface area contributed by atoms with Crippen LogP contribution in [0.15, 0.2) is 64.5 Å². The molecule has 1 fully saturated rings. The summed E-state index contributed by atoms with van der Waals surface area (Å²) in [7, 11) is -7.11. The molecule has 3 aromatic rings. The first kappa shape index (κ1) is 23.3. The molecule has 0 saturated carbocycles. The van der Waals surface area contributed by atoms with Crippen LogP contribution in [-0.4, -0.2) is 68.9 Å². The molecule has 0 aliphatic carbocycles. The van der Waals surface area contributed by atoms with Crippen molar-refractivity contribution >= 4 is 36.7 Å². The summed E-state index contributed by atoms with van der Waals surface area (Å²) < 4.78 is 51.9. The first-order valence-electron chi connectivity index (χ1n) is 10.6. The fraction of sp³-hybridized carbons (Fsp3) is 0.304. The molecule has 0 spiro atoms. The average molecular weight is 488 g/mol. The molecule has 4 rings (SSSR count). The number of amides is 1. The molecule has 1 aliphatic rings. The van der Waals surface area contributed by atoms with Gasteiger partial charge in [0.1, 0.15) is 4.90 Å². The van der Waals surface area contributed by atoms with Crippen LogP contribution in [0.2, 0.25) is 0 Å². The van der Waals surface area contributed by atoms with E-state index < -0.39 is 19.9 Å². The third kappa shape index (κ3) is 4.50. The smallest absolute Gasteiger partial charge is 0.253 e. The molecule has 0 unspecified atom stereocenters. The van der Waals surface area contributed by atoms with Crippen LogP contribution in [0.25, 0.3) is 10.9 Å². The standard InChI is InChI=1S/C23H25N3O5S2/c1-3-32(28,29)20-9-7-18(8-10-20)23(27)25-11-13-26(14-12-25)33(30,31)21-6-4-5-19-15-17(2)16-24-22(19)21/h4-10,15-16H,3,11-14H2,1-2H3. The van der Waals surface area contributed by atoms with Crippen LogP contribution in [0.1, 0.15) is 22.8 Å². The molecule has 0 N–H and O–H groups in total. The van der Waals surface area contributed by atoms with Crippen molar-refractivity contribution < 1.29 is 21.6 Å². The van der Waals surface area contributed by atoms with E-state index in [0.29, 0.717) is 11.1 Å². The molecule has 1 aliphatic heterocycles. The Labute approximate surface area is 193 Å². The lowest BCUT2D eigenvalue weighted by Gasteiger charge is -2.34. The monoisotopic (exact) mass is 487 g/mol. The van der Waals surface area contributed by atoms with Crippen LogP contribution in [0, 0.1) is 6.92 Å². The van der Waals surface area contributed by atoms with Gasteiger partial charge in [0.2, 0.25) is 10.0 Å². The van der Waals surface area contributed by atoms with Crippen molar-refractivity contribution in [2.24, 2.45) is 0 Å². The van der Waals surface area contributed by atoms with Gasteiger partial charge in [-0.1, -0.05) is 19.1 Å². The first-order valence-corrected chi connectivity index (χ1v) is 13.7. The van der Waals surface area contributed by atoms with Crippen molar-refractivity contribution in [3.63, 3.8) is 0 Å². The predicted octanol–water partition coefficient (Wildman–Crippen LogP) is 2.48. The summed E-state index contributed by atoms with van der Waals surface area (Å²) in [6, 6.07) is 12.9. The third-order valence-corrected chi connectivity index (χ3v) is 9.48. The first-order chi connectivity index (χ1) is 15.6. The third-order valence-electron chi connectivity index (χ3n) is 5.79. The largest absolute Gasteiger partial charge is 0.336 e. The van der Waals surface area contributed by atoms with Crippen LogP contribution in [-0.2, 0) is 19.9 Å². The maximum absolute atomic E-state index is 13.3. The number of aromatic nitrogens is 1. The number of carbonyl (C=O) groups is 1. The average Bonchev–Trinajstić information content (AvgIpc) is 2.83. The zero-order valence-corrected chi connectivity index (χ0v) is 20.1. The number of piperazine rings is 1. The van der Waals surface area contributed by atoms with Gasteiger partial charge in [-0.15, -0.1) is 0 Å². The molecule has 8 nitrogen and oxygen atoms in total. The van der Waals surface area contributed by atoms with Crippen LogP contribution < -0.4 is 0 Å². The lowest BCUT2D eigenvalue weighted by atomic mass is 10.2. The number of nitrogens with zero attached hydrogens (tertiary/aromatic N) is 3. The fourth-order valence-electron chi connectivity index (χ4n) is 3.88. The number of carbonyl (C=O) groups excluding carboxylic acids is 1. The van der Waals surface area contributed by atoms with Crippen LogP contribution in [0.4, 0.5) is 0 Å². The van der Waals surface area contributed by atoms with Gasteiger partial charge in [0.25, 0.3) is 5.91 Å². The Balaban J connectivity index is 1.49. The van der Waals surface area contributed by atoms with Crippen LogP contribution >= 0.6 is 0 Å². The van der Waals surface area contributed by atoms with Crippen molar-refractivity contribution in [2.75, 3.05) is 31.9 Å². The van der Waals surface area contributed by atoms with Gasteiger partial charge in [0.15, 0.2) is 9.84 Å². The lowest BCUT2D eigenvalue weighted by molar-refractivity contribution is 0.0698. The summed E-state index contributed by atoms with van der Waals surface area (Å²) >= 11 is 0. The molecule has 0 radical (unpaired) electrons. The van der Waals surface area contributed by atoms with Crippen LogP contribution in [0.3, 0.4) is 0 Å². The van der Waals surface area contributed by atoms with E-state index in [9.17, 15) is 21.6 Å². The highest BCUT2D eigenvalue weighted by atomic mass is 32.2. The molecule has 2 aromatic carbocycles. The van der Waals surface area contributed by atoms with Gasteiger partial charge in [0.05, 0.1) is 16.2 Å². The van der Waals surface area contributed by atoms with Gasteiger partial charge in [-0.2, -0.15) is 4.31 Å². The lowest BCUT2D eigenvalue weighted by Crippen LogP contribution is -2.50. The number of hydrogen-bond acceptors (Lipinski definition) is 6. The molecular weight excluding hydrogens is 462 g/mol. The minimum absolute atomic E-state index is 0.0114. The fourth-order valence-corrected chi connectivity index (χ4v) is 6.35. The number of sulfone groups is 1. The summed E-state index contributed by atoms with van der Waals surface area (Å²) in [4.78, 5) is 19.1. The summed E-state index contributed by atoms with van der Waals surface area (Å²) in [5.41, 5.74) is 1.75. The molecule has 2 heterocycles. The predicted molar refractivity (Wildman–Crippen MR) is 125 cm³/mol. The van der Waals surface area contributed by atoms with Gasteiger partial charge in [-0.05, 0) is 48.9 Å². The maximum Gasteiger partial charge on any atom is 0.253 e. The summed E-state index contributed by atoms with van der Waals surface area (Å²) in [5.74, 6) is -0.266. The number of para-hydroxylation sites is 1. The van der Waals surface area contributed by atoms with E-state index in [1.807, 2.05) is 19.1 Å². The quantitative estimate of drug-likeness (QED) is 0.548. The Hall–Kier alpha value is -2.82. The Morgan fingerprint density at radius 3 is 2.27 bits per heavy atom. The van der Waals surface area contributed by atoms with Crippen molar-refractivity contribution in [2.45, 2.75) is 23.6 Å².